The van der Waals surface area contributed by atoms with Crippen molar-refractivity contribution in [3.63, 3.8) is 0 Å². The Morgan fingerprint density at radius 3 is 2.58 bits per heavy atom. The van der Waals surface area contributed by atoms with Crippen LogP contribution in [0.2, 0.25) is 0 Å². The molecule has 19 heavy (non-hydrogen) atoms. The van der Waals surface area contributed by atoms with Crippen molar-refractivity contribution in [2.75, 3.05) is 0 Å². The summed E-state index contributed by atoms with van der Waals surface area (Å²) in [6.07, 6.45) is 2.02. The molecule has 0 amide bonds. The van der Waals surface area contributed by atoms with Gasteiger partial charge in [-0.15, -0.1) is 0 Å². The second kappa shape index (κ2) is 4.88. The Bertz CT molecular complexity index is 586. The normalized spacial score (nSPS) is 20.9. The third-order valence-corrected chi connectivity index (χ3v) is 3.56. The maximum absolute atomic E-state index is 10.7. The molecule has 1 aliphatic carbocycles. The SMILES string of the molecule is Cc1ccc(Oc2cccc(C3CC3C=O)c2)cc1. The van der Waals surface area contributed by atoms with Crippen LogP contribution in [-0.4, -0.2) is 6.29 Å². The third-order valence-electron chi connectivity index (χ3n) is 3.56. The van der Waals surface area contributed by atoms with Crippen LogP contribution >= 0.6 is 0 Å². The molecule has 0 aliphatic heterocycles. The van der Waals surface area contributed by atoms with Gasteiger partial charge in [0, 0.05) is 5.92 Å². The molecule has 0 spiro atoms. The molecular formula is C17H16O2. The van der Waals surface area contributed by atoms with Crippen molar-refractivity contribution >= 4 is 6.29 Å². The van der Waals surface area contributed by atoms with E-state index >= 15 is 0 Å². The highest BCUT2D eigenvalue weighted by atomic mass is 16.5. The van der Waals surface area contributed by atoms with Gasteiger partial charge < -0.3 is 9.53 Å². The van der Waals surface area contributed by atoms with Gasteiger partial charge in [-0.1, -0.05) is 29.8 Å². The number of aldehydes is 1. The molecule has 0 N–H and O–H groups in total. The first-order chi connectivity index (χ1) is 9.26. The second-order valence-electron chi connectivity index (χ2n) is 5.13. The van der Waals surface area contributed by atoms with Crippen LogP contribution in [0.4, 0.5) is 0 Å². The molecule has 2 atom stereocenters. The van der Waals surface area contributed by atoms with E-state index in [2.05, 4.69) is 13.0 Å². The number of carbonyl (C=O) groups is 1. The second-order valence-corrected chi connectivity index (χ2v) is 5.13. The lowest BCUT2D eigenvalue weighted by molar-refractivity contribution is -0.108. The molecule has 96 valence electrons. The molecule has 3 rings (SSSR count). The van der Waals surface area contributed by atoms with Crippen molar-refractivity contribution in [3.8, 4) is 11.5 Å². The zero-order valence-corrected chi connectivity index (χ0v) is 10.9. The highest BCUT2D eigenvalue weighted by molar-refractivity contribution is 5.61. The van der Waals surface area contributed by atoms with Gasteiger partial charge in [0.2, 0.25) is 0 Å². The first kappa shape index (κ1) is 12.0. The molecule has 0 saturated heterocycles. The highest BCUT2D eigenvalue weighted by Crippen LogP contribution is 2.46. The van der Waals surface area contributed by atoms with Crippen LogP contribution in [0.5, 0.6) is 11.5 Å². The van der Waals surface area contributed by atoms with E-state index < -0.39 is 0 Å². The Kier molecular flexibility index (Phi) is 3.08. The standard InChI is InChI=1S/C17H16O2/c1-12-5-7-15(8-6-12)19-16-4-2-3-13(9-16)17-10-14(17)11-18/h2-9,11,14,17H,10H2,1H3. The van der Waals surface area contributed by atoms with Crippen LogP contribution in [0.25, 0.3) is 0 Å². The molecule has 2 nitrogen and oxygen atoms in total. The zero-order chi connectivity index (χ0) is 13.2. The van der Waals surface area contributed by atoms with E-state index in [4.69, 9.17) is 4.74 Å². The monoisotopic (exact) mass is 252 g/mol. The molecule has 1 aliphatic rings. The van der Waals surface area contributed by atoms with E-state index in [1.165, 1.54) is 11.1 Å². The van der Waals surface area contributed by atoms with E-state index in [9.17, 15) is 4.79 Å². The van der Waals surface area contributed by atoms with Crippen molar-refractivity contribution in [1.29, 1.82) is 0 Å². The van der Waals surface area contributed by atoms with Crippen molar-refractivity contribution in [3.05, 3.63) is 59.7 Å². The molecule has 1 saturated carbocycles. The number of hydrogen-bond acceptors (Lipinski definition) is 2. The Labute approximate surface area is 113 Å². The van der Waals surface area contributed by atoms with Crippen LogP contribution in [0.1, 0.15) is 23.5 Å². The van der Waals surface area contributed by atoms with E-state index in [0.717, 1.165) is 24.2 Å². The fourth-order valence-electron chi connectivity index (χ4n) is 2.30. The van der Waals surface area contributed by atoms with E-state index in [-0.39, 0.29) is 5.92 Å². The number of hydrogen-bond donors (Lipinski definition) is 0. The minimum Gasteiger partial charge on any atom is -0.457 e. The Balaban J connectivity index is 1.76. The minimum atomic E-state index is 0.203. The van der Waals surface area contributed by atoms with Gasteiger partial charge in [-0.05, 0) is 49.1 Å². The number of aryl methyl sites for hydroxylation is 1. The minimum absolute atomic E-state index is 0.203. The van der Waals surface area contributed by atoms with Crippen molar-refractivity contribution < 1.29 is 9.53 Å². The van der Waals surface area contributed by atoms with Crippen molar-refractivity contribution in [2.24, 2.45) is 5.92 Å². The summed E-state index contributed by atoms with van der Waals surface area (Å²) in [4.78, 5) is 10.7. The Morgan fingerprint density at radius 2 is 1.89 bits per heavy atom. The third kappa shape index (κ3) is 2.68. The van der Waals surface area contributed by atoms with E-state index in [0.29, 0.717) is 5.92 Å². The van der Waals surface area contributed by atoms with Crippen LogP contribution in [0.15, 0.2) is 48.5 Å². The van der Waals surface area contributed by atoms with Crippen LogP contribution < -0.4 is 4.74 Å². The molecular weight excluding hydrogens is 236 g/mol. The van der Waals surface area contributed by atoms with Crippen LogP contribution in [0, 0.1) is 12.8 Å². The number of benzene rings is 2. The molecule has 0 aromatic heterocycles. The maximum Gasteiger partial charge on any atom is 0.127 e. The van der Waals surface area contributed by atoms with Crippen LogP contribution in [0.3, 0.4) is 0 Å². The predicted molar refractivity (Wildman–Crippen MR) is 74.6 cm³/mol. The molecule has 0 radical (unpaired) electrons. The molecule has 2 unspecified atom stereocenters. The Hall–Kier alpha value is -2.09. The smallest absolute Gasteiger partial charge is 0.127 e. The predicted octanol–water partition coefficient (Wildman–Crippen LogP) is 4.09. The summed E-state index contributed by atoms with van der Waals surface area (Å²) in [7, 11) is 0. The number of rotatable bonds is 4. The first-order valence-electron chi connectivity index (χ1n) is 6.56. The van der Waals surface area contributed by atoms with Gasteiger partial charge in [-0.3, -0.25) is 0 Å². The average Bonchev–Trinajstić information content (AvgIpc) is 3.21. The van der Waals surface area contributed by atoms with Gasteiger partial charge in [-0.2, -0.15) is 0 Å². The lowest BCUT2D eigenvalue weighted by Crippen LogP contribution is -1.88. The Morgan fingerprint density at radius 1 is 1.11 bits per heavy atom. The molecule has 2 heteroatoms. The largest absolute Gasteiger partial charge is 0.457 e. The molecule has 0 heterocycles. The summed E-state index contributed by atoms with van der Waals surface area (Å²) in [6, 6.07) is 16.0. The first-order valence-corrected chi connectivity index (χ1v) is 6.56. The quantitative estimate of drug-likeness (QED) is 0.766. The fraction of sp³-hybridized carbons (Fsp3) is 0.235. The lowest BCUT2D eigenvalue weighted by atomic mass is 10.1. The number of ether oxygens (including phenoxy) is 1. The number of carbonyl (C=O) groups excluding carboxylic acids is 1. The van der Waals surface area contributed by atoms with Gasteiger partial charge in [0.15, 0.2) is 0 Å². The van der Waals surface area contributed by atoms with Gasteiger partial charge in [0.25, 0.3) is 0 Å². The molecule has 0 bridgehead atoms. The van der Waals surface area contributed by atoms with E-state index in [1.807, 2.05) is 42.5 Å². The zero-order valence-electron chi connectivity index (χ0n) is 10.9. The summed E-state index contributed by atoms with van der Waals surface area (Å²) in [5.41, 5.74) is 2.41. The summed E-state index contributed by atoms with van der Waals surface area (Å²) in [5, 5.41) is 0. The van der Waals surface area contributed by atoms with Crippen molar-refractivity contribution in [2.45, 2.75) is 19.3 Å². The van der Waals surface area contributed by atoms with Gasteiger partial charge in [0.1, 0.15) is 17.8 Å². The highest BCUT2D eigenvalue weighted by Gasteiger charge is 2.38. The van der Waals surface area contributed by atoms with Crippen molar-refractivity contribution in [1.82, 2.24) is 0 Å². The fourth-order valence-corrected chi connectivity index (χ4v) is 2.30. The van der Waals surface area contributed by atoms with Gasteiger partial charge in [0.05, 0.1) is 0 Å². The molecule has 2 aromatic carbocycles. The maximum atomic E-state index is 10.7. The molecule has 1 fully saturated rings. The van der Waals surface area contributed by atoms with Gasteiger partial charge >= 0.3 is 0 Å². The summed E-state index contributed by atoms with van der Waals surface area (Å²) >= 11 is 0. The van der Waals surface area contributed by atoms with Gasteiger partial charge in [-0.25, -0.2) is 0 Å². The average molecular weight is 252 g/mol. The van der Waals surface area contributed by atoms with Crippen LogP contribution in [-0.2, 0) is 4.79 Å². The lowest BCUT2D eigenvalue weighted by Gasteiger charge is -2.07. The molecule has 2 aromatic rings. The summed E-state index contributed by atoms with van der Waals surface area (Å²) in [5.74, 6) is 2.26. The summed E-state index contributed by atoms with van der Waals surface area (Å²) in [6.45, 7) is 2.05. The summed E-state index contributed by atoms with van der Waals surface area (Å²) < 4.78 is 5.83. The topological polar surface area (TPSA) is 26.3 Å². The van der Waals surface area contributed by atoms with E-state index in [1.54, 1.807) is 0 Å².